The molecule has 126 valence electrons. The van der Waals surface area contributed by atoms with E-state index < -0.39 is 0 Å². The molecule has 0 bridgehead atoms. The standard InChI is InChI=1S/C21H15BrN4/c22-15-10-8-14(9-11-15)19-12-18(20-21(23-19)25-26-24-20)17-7-3-5-13-4-1-2-6-16(13)17/h1-12,18,20H,(H,23,24,25)/t18-,20-/m0/s1. The minimum absolute atomic E-state index is 0.0889. The van der Waals surface area contributed by atoms with Gasteiger partial charge in [-0.2, -0.15) is 5.11 Å². The van der Waals surface area contributed by atoms with Crippen molar-refractivity contribution < 1.29 is 0 Å². The van der Waals surface area contributed by atoms with Crippen LogP contribution in [0.5, 0.6) is 0 Å². The fourth-order valence-corrected chi connectivity index (χ4v) is 3.87. The fraction of sp³-hybridized carbons (Fsp3) is 0.0952. The molecule has 0 spiro atoms. The maximum atomic E-state index is 4.76. The molecule has 2 atom stereocenters. The average Bonchev–Trinajstić information content (AvgIpc) is 3.16. The summed E-state index contributed by atoms with van der Waals surface area (Å²) in [5, 5.41) is 10.9. The molecule has 26 heavy (non-hydrogen) atoms. The molecule has 0 aromatic heterocycles. The van der Waals surface area contributed by atoms with Crippen LogP contribution in [-0.2, 0) is 0 Å². The normalized spacial score (nSPS) is 21.1. The molecule has 2 aliphatic heterocycles. The molecule has 3 aromatic carbocycles. The van der Waals surface area contributed by atoms with Crippen LogP contribution >= 0.6 is 15.9 Å². The summed E-state index contributed by atoms with van der Waals surface area (Å²) in [6, 6.07) is 23.0. The highest BCUT2D eigenvalue weighted by Crippen LogP contribution is 2.37. The van der Waals surface area contributed by atoms with Crippen LogP contribution in [0.2, 0.25) is 0 Å². The van der Waals surface area contributed by atoms with E-state index in [1.165, 1.54) is 16.3 Å². The zero-order chi connectivity index (χ0) is 17.5. The van der Waals surface area contributed by atoms with E-state index in [2.05, 4.69) is 92.4 Å². The van der Waals surface area contributed by atoms with Gasteiger partial charge in [-0.1, -0.05) is 75.8 Å². The summed E-state index contributed by atoms with van der Waals surface area (Å²) >= 11 is 3.49. The van der Waals surface area contributed by atoms with Gasteiger partial charge in [-0.25, -0.2) is 10.4 Å². The molecule has 1 N–H and O–H groups in total. The van der Waals surface area contributed by atoms with E-state index in [0.717, 1.165) is 21.6 Å². The van der Waals surface area contributed by atoms with Crippen molar-refractivity contribution in [2.75, 3.05) is 0 Å². The van der Waals surface area contributed by atoms with Gasteiger partial charge in [0.15, 0.2) is 5.84 Å². The molecule has 2 heterocycles. The van der Waals surface area contributed by atoms with Crippen LogP contribution in [0.15, 0.2) is 92.6 Å². The largest absolute Gasteiger partial charge is 0.244 e. The number of amidine groups is 1. The van der Waals surface area contributed by atoms with E-state index in [1.54, 1.807) is 0 Å². The zero-order valence-corrected chi connectivity index (χ0v) is 15.4. The summed E-state index contributed by atoms with van der Waals surface area (Å²) in [5.41, 5.74) is 6.25. The van der Waals surface area contributed by atoms with Crippen LogP contribution < -0.4 is 5.43 Å². The number of nitrogens with zero attached hydrogens (tertiary/aromatic N) is 3. The van der Waals surface area contributed by atoms with Gasteiger partial charge in [-0.3, -0.25) is 0 Å². The molecule has 0 radical (unpaired) electrons. The Morgan fingerprint density at radius 2 is 1.69 bits per heavy atom. The predicted octanol–water partition coefficient (Wildman–Crippen LogP) is 5.48. The average molecular weight is 403 g/mol. The van der Waals surface area contributed by atoms with Gasteiger partial charge in [0.05, 0.1) is 5.70 Å². The lowest BCUT2D eigenvalue weighted by molar-refractivity contribution is 0.741. The Kier molecular flexibility index (Phi) is 3.68. The van der Waals surface area contributed by atoms with Gasteiger partial charge in [-0.05, 0) is 40.1 Å². The van der Waals surface area contributed by atoms with E-state index in [1.807, 2.05) is 12.1 Å². The molecule has 0 amide bonds. The first-order valence-corrected chi connectivity index (χ1v) is 9.29. The predicted molar refractivity (Wildman–Crippen MR) is 108 cm³/mol. The SMILES string of the molecule is Brc1ccc(C2=C[C@@H](c3cccc4ccccc34)[C@@H]3N=NNC3=N2)cc1. The molecule has 3 aromatic rings. The zero-order valence-electron chi connectivity index (χ0n) is 13.8. The van der Waals surface area contributed by atoms with Crippen LogP contribution in [0.1, 0.15) is 17.0 Å². The number of hydrogen-bond donors (Lipinski definition) is 1. The quantitative estimate of drug-likeness (QED) is 0.606. The van der Waals surface area contributed by atoms with E-state index in [9.17, 15) is 0 Å². The summed E-state index contributed by atoms with van der Waals surface area (Å²) in [7, 11) is 0. The van der Waals surface area contributed by atoms with Crippen molar-refractivity contribution in [2.45, 2.75) is 12.0 Å². The van der Waals surface area contributed by atoms with Crippen molar-refractivity contribution in [1.82, 2.24) is 5.43 Å². The monoisotopic (exact) mass is 402 g/mol. The van der Waals surface area contributed by atoms with Crippen LogP contribution in [0.25, 0.3) is 16.5 Å². The molecule has 4 nitrogen and oxygen atoms in total. The Hall–Kier alpha value is -2.79. The Balaban J connectivity index is 1.67. The first-order chi connectivity index (χ1) is 12.8. The van der Waals surface area contributed by atoms with Crippen molar-refractivity contribution in [3.05, 3.63) is 88.4 Å². The van der Waals surface area contributed by atoms with Gasteiger partial charge in [0, 0.05) is 10.4 Å². The van der Waals surface area contributed by atoms with Crippen LogP contribution in [0, 0.1) is 0 Å². The van der Waals surface area contributed by atoms with Crippen molar-refractivity contribution in [3.8, 4) is 0 Å². The van der Waals surface area contributed by atoms with Gasteiger partial charge < -0.3 is 0 Å². The molecule has 2 aliphatic rings. The molecule has 0 saturated carbocycles. The summed E-state index contributed by atoms with van der Waals surface area (Å²) in [6.07, 6.45) is 2.21. The summed E-state index contributed by atoms with van der Waals surface area (Å²) in [4.78, 5) is 4.76. The van der Waals surface area contributed by atoms with Crippen molar-refractivity contribution in [3.63, 3.8) is 0 Å². The number of rotatable bonds is 2. The van der Waals surface area contributed by atoms with Gasteiger partial charge >= 0.3 is 0 Å². The minimum Gasteiger partial charge on any atom is -0.244 e. The number of nitrogens with one attached hydrogen (secondary N) is 1. The van der Waals surface area contributed by atoms with Gasteiger partial charge in [-0.15, -0.1) is 0 Å². The first kappa shape index (κ1) is 15.5. The maximum absolute atomic E-state index is 4.76. The van der Waals surface area contributed by atoms with Crippen LogP contribution in [-0.4, -0.2) is 11.9 Å². The fourth-order valence-electron chi connectivity index (χ4n) is 3.61. The number of hydrogen-bond acceptors (Lipinski definition) is 4. The first-order valence-electron chi connectivity index (χ1n) is 8.49. The third-order valence-electron chi connectivity index (χ3n) is 4.87. The molecule has 0 saturated heterocycles. The van der Waals surface area contributed by atoms with Crippen molar-refractivity contribution in [2.24, 2.45) is 15.3 Å². The minimum atomic E-state index is -0.0972. The second-order valence-corrected chi connectivity index (χ2v) is 7.34. The summed E-state index contributed by atoms with van der Waals surface area (Å²) < 4.78 is 1.05. The Bertz CT molecular complexity index is 1080. The molecule has 5 rings (SSSR count). The lowest BCUT2D eigenvalue weighted by Crippen LogP contribution is -2.31. The third-order valence-corrected chi connectivity index (χ3v) is 5.40. The van der Waals surface area contributed by atoms with Gasteiger partial charge in [0.1, 0.15) is 6.04 Å². The van der Waals surface area contributed by atoms with Crippen LogP contribution in [0.4, 0.5) is 0 Å². The summed E-state index contributed by atoms with van der Waals surface area (Å²) in [6.45, 7) is 0. The number of fused-ring (bicyclic) bond motifs is 2. The van der Waals surface area contributed by atoms with E-state index in [0.29, 0.717) is 0 Å². The van der Waals surface area contributed by atoms with Crippen molar-refractivity contribution in [1.29, 1.82) is 0 Å². The second-order valence-electron chi connectivity index (χ2n) is 6.42. The third kappa shape index (κ3) is 2.56. The number of benzene rings is 3. The van der Waals surface area contributed by atoms with E-state index >= 15 is 0 Å². The molecule has 0 aliphatic carbocycles. The Morgan fingerprint density at radius 1 is 0.885 bits per heavy atom. The topological polar surface area (TPSA) is 49.1 Å². The van der Waals surface area contributed by atoms with Gasteiger partial charge in [0.25, 0.3) is 0 Å². The van der Waals surface area contributed by atoms with E-state index in [4.69, 9.17) is 4.99 Å². The molecule has 5 heteroatoms. The van der Waals surface area contributed by atoms with Crippen molar-refractivity contribution >= 4 is 38.2 Å². The lowest BCUT2D eigenvalue weighted by Gasteiger charge is -2.24. The highest BCUT2D eigenvalue weighted by molar-refractivity contribution is 9.10. The highest BCUT2D eigenvalue weighted by atomic mass is 79.9. The number of halogens is 1. The maximum Gasteiger partial charge on any atom is 0.152 e. The number of aliphatic imine (C=N–C) groups is 1. The molecule has 0 fully saturated rings. The lowest BCUT2D eigenvalue weighted by atomic mass is 9.85. The van der Waals surface area contributed by atoms with Crippen LogP contribution in [0.3, 0.4) is 0 Å². The van der Waals surface area contributed by atoms with E-state index in [-0.39, 0.29) is 12.0 Å². The second kappa shape index (κ2) is 6.18. The molecular weight excluding hydrogens is 388 g/mol. The Labute approximate surface area is 159 Å². The van der Waals surface area contributed by atoms with Gasteiger partial charge in [0.2, 0.25) is 0 Å². The smallest absolute Gasteiger partial charge is 0.152 e. The molecule has 0 unspecified atom stereocenters. The summed E-state index contributed by atoms with van der Waals surface area (Å²) in [5.74, 6) is 0.898. The molecular formula is C21H15BrN4. The Morgan fingerprint density at radius 3 is 2.58 bits per heavy atom. The highest BCUT2D eigenvalue weighted by Gasteiger charge is 2.34.